The van der Waals surface area contributed by atoms with Gasteiger partial charge in [-0.1, -0.05) is 42.5 Å². The fraction of sp³-hybridized carbons (Fsp3) is 0.429. The van der Waals surface area contributed by atoms with Crippen LogP contribution in [-0.4, -0.2) is 28.7 Å². The normalized spacial score (nSPS) is 21.8. The molecule has 1 aliphatic heterocycles. The van der Waals surface area contributed by atoms with Crippen LogP contribution in [0.2, 0.25) is 0 Å². The Morgan fingerprint density at radius 1 is 1.00 bits per heavy atom. The zero-order valence-corrected chi connectivity index (χ0v) is 14.1. The minimum absolute atomic E-state index is 0.193. The number of aliphatic hydroxyl groups is 1. The smallest absolute Gasteiger partial charge is 0.123 e. The lowest BCUT2D eigenvalue weighted by atomic mass is 9.87. The van der Waals surface area contributed by atoms with Gasteiger partial charge in [-0.2, -0.15) is 0 Å². The number of hydrogen-bond donors (Lipinski definition) is 1. The number of benzene rings is 2. The molecule has 1 atom stereocenters. The number of piperidine rings is 1. The van der Waals surface area contributed by atoms with Gasteiger partial charge in [-0.15, -0.1) is 0 Å². The van der Waals surface area contributed by atoms with Crippen molar-refractivity contribution in [1.82, 2.24) is 4.90 Å². The first kappa shape index (κ1) is 17.1. The van der Waals surface area contributed by atoms with Crippen LogP contribution in [0.25, 0.3) is 0 Å². The zero-order valence-electron chi connectivity index (χ0n) is 14.1. The zero-order chi connectivity index (χ0) is 16.8. The van der Waals surface area contributed by atoms with E-state index < -0.39 is 5.60 Å². The van der Waals surface area contributed by atoms with Gasteiger partial charge in [0.05, 0.1) is 5.60 Å². The first-order valence-electron chi connectivity index (χ1n) is 8.86. The Hall–Kier alpha value is -1.71. The minimum atomic E-state index is -0.590. The van der Waals surface area contributed by atoms with Gasteiger partial charge >= 0.3 is 0 Å². The number of hydrogen-bond acceptors (Lipinski definition) is 2. The number of likely N-dealkylation sites (tertiary alicyclic amines) is 1. The molecule has 0 radical (unpaired) electrons. The van der Waals surface area contributed by atoms with Gasteiger partial charge in [-0.05, 0) is 61.9 Å². The maximum Gasteiger partial charge on any atom is 0.123 e. The average molecular weight is 327 g/mol. The van der Waals surface area contributed by atoms with Gasteiger partial charge in [0.1, 0.15) is 5.82 Å². The quantitative estimate of drug-likeness (QED) is 0.860. The molecule has 0 saturated carbocycles. The first-order chi connectivity index (χ1) is 11.6. The van der Waals surface area contributed by atoms with Crippen molar-refractivity contribution in [3.05, 3.63) is 71.5 Å². The van der Waals surface area contributed by atoms with Gasteiger partial charge in [0.2, 0.25) is 0 Å². The molecule has 2 nitrogen and oxygen atoms in total. The van der Waals surface area contributed by atoms with Gasteiger partial charge in [0.15, 0.2) is 0 Å². The summed E-state index contributed by atoms with van der Waals surface area (Å²) in [5.41, 5.74) is 1.84. The molecule has 1 aliphatic rings. The summed E-state index contributed by atoms with van der Waals surface area (Å²) in [7, 11) is 0. The van der Waals surface area contributed by atoms with Gasteiger partial charge in [-0.25, -0.2) is 4.39 Å². The Morgan fingerprint density at radius 3 is 2.50 bits per heavy atom. The van der Waals surface area contributed by atoms with Gasteiger partial charge in [0.25, 0.3) is 0 Å². The number of nitrogens with zero attached hydrogens (tertiary/aromatic N) is 1. The van der Waals surface area contributed by atoms with Crippen LogP contribution in [0.5, 0.6) is 0 Å². The van der Waals surface area contributed by atoms with Crippen LogP contribution in [0.1, 0.15) is 36.8 Å². The van der Waals surface area contributed by atoms with Crippen molar-refractivity contribution in [1.29, 1.82) is 0 Å². The minimum Gasteiger partial charge on any atom is -0.389 e. The molecule has 0 bridgehead atoms. The van der Waals surface area contributed by atoms with E-state index in [0.717, 1.165) is 57.3 Å². The second-order valence-electron chi connectivity index (χ2n) is 7.00. The lowest BCUT2D eigenvalue weighted by Crippen LogP contribution is -2.47. The van der Waals surface area contributed by atoms with E-state index in [2.05, 4.69) is 29.2 Å². The van der Waals surface area contributed by atoms with Crippen molar-refractivity contribution < 1.29 is 9.50 Å². The lowest BCUT2D eigenvalue weighted by Gasteiger charge is -2.39. The summed E-state index contributed by atoms with van der Waals surface area (Å²) in [4.78, 5) is 2.36. The largest absolute Gasteiger partial charge is 0.389 e. The van der Waals surface area contributed by atoms with Crippen LogP contribution < -0.4 is 0 Å². The molecule has 3 heteroatoms. The van der Waals surface area contributed by atoms with E-state index in [0.29, 0.717) is 0 Å². The van der Waals surface area contributed by atoms with E-state index >= 15 is 0 Å². The van der Waals surface area contributed by atoms with Crippen LogP contribution >= 0.6 is 0 Å². The fourth-order valence-electron chi connectivity index (χ4n) is 3.66. The molecule has 0 unspecified atom stereocenters. The van der Waals surface area contributed by atoms with Crippen molar-refractivity contribution >= 4 is 0 Å². The van der Waals surface area contributed by atoms with Crippen molar-refractivity contribution in [2.24, 2.45) is 0 Å². The molecule has 1 fully saturated rings. The molecule has 128 valence electrons. The highest BCUT2D eigenvalue weighted by Crippen LogP contribution is 2.27. The predicted octanol–water partition coefficient (Wildman–Crippen LogP) is 4.18. The number of halogens is 1. The highest BCUT2D eigenvalue weighted by molar-refractivity contribution is 5.16. The summed E-state index contributed by atoms with van der Waals surface area (Å²) in [5, 5.41) is 10.9. The maximum absolute atomic E-state index is 12.9. The Balaban J connectivity index is 1.49. The average Bonchev–Trinajstić information content (AvgIpc) is 2.58. The van der Waals surface area contributed by atoms with Gasteiger partial charge < -0.3 is 5.11 Å². The summed E-state index contributed by atoms with van der Waals surface area (Å²) in [6.45, 7) is 2.70. The van der Waals surface area contributed by atoms with E-state index in [1.807, 2.05) is 18.2 Å². The third kappa shape index (κ3) is 4.89. The maximum atomic E-state index is 12.9. The van der Waals surface area contributed by atoms with E-state index in [1.165, 1.54) is 17.7 Å². The topological polar surface area (TPSA) is 23.5 Å². The molecule has 3 rings (SSSR count). The molecule has 2 aromatic rings. The molecule has 0 spiro atoms. The third-order valence-corrected chi connectivity index (χ3v) is 4.90. The van der Waals surface area contributed by atoms with Crippen molar-refractivity contribution in [2.45, 2.75) is 44.2 Å². The van der Waals surface area contributed by atoms with Crippen molar-refractivity contribution in [2.75, 3.05) is 13.1 Å². The Morgan fingerprint density at radius 2 is 1.75 bits per heavy atom. The second-order valence-corrected chi connectivity index (χ2v) is 7.00. The van der Waals surface area contributed by atoms with E-state index in [4.69, 9.17) is 0 Å². The summed E-state index contributed by atoms with van der Waals surface area (Å²) < 4.78 is 12.9. The molecular weight excluding hydrogens is 301 g/mol. The standard InChI is InChI=1S/C21H26FNO/c22-20-11-9-18(10-12-20)8-4-13-21(24)14-5-15-23(17-21)16-19-6-2-1-3-7-19/h1-3,6-7,9-12,24H,4-5,8,13-17H2/t21-/m1/s1. The summed E-state index contributed by atoms with van der Waals surface area (Å²) in [6.07, 6.45) is 4.54. The predicted molar refractivity (Wildman–Crippen MR) is 95.2 cm³/mol. The third-order valence-electron chi connectivity index (χ3n) is 4.90. The number of aryl methyl sites for hydroxylation is 1. The lowest BCUT2D eigenvalue weighted by molar-refractivity contribution is -0.0404. The number of β-amino-alcohol motifs (C(OH)–C–C–N with tert-alkyl or cyclic N) is 1. The van der Waals surface area contributed by atoms with E-state index in [9.17, 15) is 9.50 Å². The van der Waals surface area contributed by atoms with E-state index in [1.54, 1.807) is 0 Å². The molecule has 2 aromatic carbocycles. The van der Waals surface area contributed by atoms with Gasteiger partial charge in [-0.3, -0.25) is 4.90 Å². The molecule has 1 saturated heterocycles. The monoisotopic (exact) mass is 327 g/mol. The Labute approximate surface area is 143 Å². The van der Waals surface area contributed by atoms with Crippen molar-refractivity contribution in [3.63, 3.8) is 0 Å². The van der Waals surface area contributed by atoms with Crippen LogP contribution in [0.3, 0.4) is 0 Å². The SMILES string of the molecule is O[C@]1(CCCc2ccc(F)cc2)CCCN(Cc2ccccc2)C1. The molecule has 0 amide bonds. The molecule has 1 N–H and O–H groups in total. The van der Waals surface area contributed by atoms with Crippen LogP contribution in [0, 0.1) is 5.82 Å². The van der Waals surface area contributed by atoms with Crippen LogP contribution in [0.4, 0.5) is 4.39 Å². The summed E-state index contributed by atoms with van der Waals surface area (Å²) in [5.74, 6) is -0.193. The van der Waals surface area contributed by atoms with Gasteiger partial charge in [0, 0.05) is 13.1 Å². The molecular formula is C21H26FNO. The molecule has 0 aliphatic carbocycles. The van der Waals surface area contributed by atoms with Crippen molar-refractivity contribution in [3.8, 4) is 0 Å². The second kappa shape index (κ2) is 7.91. The van der Waals surface area contributed by atoms with Crippen LogP contribution in [0.15, 0.2) is 54.6 Å². The Kier molecular flexibility index (Phi) is 5.64. The highest BCUT2D eigenvalue weighted by Gasteiger charge is 2.32. The van der Waals surface area contributed by atoms with E-state index in [-0.39, 0.29) is 5.82 Å². The number of rotatable bonds is 6. The molecule has 0 aromatic heterocycles. The van der Waals surface area contributed by atoms with Crippen LogP contribution in [-0.2, 0) is 13.0 Å². The molecule has 24 heavy (non-hydrogen) atoms. The fourth-order valence-corrected chi connectivity index (χ4v) is 3.66. The Bertz CT molecular complexity index is 628. The highest BCUT2D eigenvalue weighted by atomic mass is 19.1. The summed E-state index contributed by atoms with van der Waals surface area (Å²) in [6, 6.07) is 17.1. The molecule has 1 heterocycles. The summed E-state index contributed by atoms with van der Waals surface area (Å²) >= 11 is 0. The first-order valence-corrected chi connectivity index (χ1v) is 8.86.